The Morgan fingerprint density at radius 2 is 1.96 bits per heavy atom. The van der Waals surface area contributed by atoms with Gasteiger partial charge in [-0.3, -0.25) is 14.9 Å². The van der Waals surface area contributed by atoms with Crippen molar-refractivity contribution in [3.8, 4) is 0 Å². The number of halogens is 1. The Labute approximate surface area is 138 Å². The van der Waals surface area contributed by atoms with E-state index in [0.717, 1.165) is 6.42 Å². The molecule has 2 aromatic rings. The highest BCUT2D eigenvalue weighted by atomic mass is 19.1. The van der Waals surface area contributed by atoms with Crippen LogP contribution in [0.4, 0.5) is 15.8 Å². The van der Waals surface area contributed by atoms with Crippen molar-refractivity contribution in [2.75, 3.05) is 5.32 Å². The normalized spacial score (nSPS) is 15.4. The molecule has 0 bridgehead atoms. The summed E-state index contributed by atoms with van der Waals surface area (Å²) in [6.07, 6.45) is 2.16. The van der Waals surface area contributed by atoms with Crippen molar-refractivity contribution >= 4 is 17.3 Å². The van der Waals surface area contributed by atoms with Crippen molar-refractivity contribution in [2.24, 2.45) is 0 Å². The maximum absolute atomic E-state index is 13.5. The largest absolute Gasteiger partial charge is 0.325 e. The van der Waals surface area contributed by atoms with Gasteiger partial charge in [-0.25, -0.2) is 4.39 Å². The summed E-state index contributed by atoms with van der Waals surface area (Å²) in [5, 5.41) is 13.8. The van der Waals surface area contributed by atoms with E-state index in [0.29, 0.717) is 29.7 Å². The first-order valence-corrected chi connectivity index (χ1v) is 7.75. The molecule has 0 unspecified atom stereocenters. The van der Waals surface area contributed by atoms with Crippen molar-refractivity contribution in [2.45, 2.75) is 31.6 Å². The Morgan fingerprint density at radius 3 is 2.54 bits per heavy atom. The monoisotopic (exact) mass is 328 g/mol. The summed E-state index contributed by atoms with van der Waals surface area (Å²) < 4.78 is 13.5. The fraction of sp³-hybridized carbons (Fsp3) is 0.278. The summed E-state index contributed by atoms with van der Waals surface area (Å²) >= 11 is 0. The van der Waals surface area contributed by atoms with Crippen LogP contribution < -0.4 is 5.32 Å². The SMILES string of the molecule is Cc1c(NC(=O)C2(c3cccc(F)c3)CCC2)cccc1[N+](=O)[O-]. The van der Waals surface area contributed by atoms with Crippen molar-refractivity contribution in [3.05, 3.63) is 69.5 Å². The fourth-order valence-corrected chi connectivity index (χ4v) is 3.16. The number of carbonyl (C=O) groups excluding carboxylic acids is 1. The lowest BCUT2D eigenvalue weighted by Crippen LogP contribution is -2.46. The van der Waals surface area contributed by atoms with Crippen molar-refractivity contribution in [1.29, 1.82) is 0 Å². The summed E-state index contributed by atoms with van der Waals surface area (Å²) in [5.41, 5.74) is 0.663. The molecule has 2 aromatic carbocycles. The minimum Gasteiger partial charge on any atom is -0.325 e. The predicted octanol–water partition coefficient (Wildman–Crippen LogP) is 4.10. The predicted molar refractivity (Wildman–Crippen MR) is 88.4 cm³/mol. The van der Waals surface area contributed by atoms with Crippen LogP contribution in [0.25, 0.3) is 0 Å². The lowest BCUT2D eigenvalue weighted by Gasteiger charge is -2.40. The molecule has 1 aliphatic rings. The highest BCUT2D eigenvalue weighted by molar-refractivity contribution is 6.00. The number of nitro benzene ring substituents is 1. The van der Waals surface area contributed by atoms with E-state index in [1.165, 1.54) is 24.3 Å². The Bertz CT molecular complexity index is 816. The first-order valence-electron chi connectivity index (χ1n) is 7.75. The van der Waals surface area contributed by atoms with E-state index >= 15 is 0 Å². The molecular weight excluding hydrogens is 311 g/mol. The number of amides is 1. The average molecular weight is 328 g/mol. The Hall–Kier alpha value is -2.76. The number of benzene rings is 2. The van der Waals surface area contributed by atoms with Crippen LogP contribution in [0.3, 0.4) is 0 Å². The van der Waals surface area contributed by atoms with Gasteiger partial charge in [0.25, 0.3) is 5.69 Å². The van der Waals surface area contributed by atoms with E-state index in [1.54, 1.807) is 25.1 Å². The van der Waals surface area contributed by atoms with Gasteiger partial charge in [0.2, 0.25) is 5.91 Å². The van der Waals surface area contributed by atoms with E-state index in [1.807, 2.05) is 0 Å². The molecule has 0 atom stereocenters. The van der Waals surface area contributed by atoms with Gasteiger partial charge < -0.3 is 5.32 Å². The van der Waals surface area contributed by atoms with E-state index in [4.69, 9.17) is 0 Å². The summed E-state index contributed by atoms with van der Waals surface area (Å²) in [6.45, 7) is 1.60. The third kappa shape index (κ3) is 2.64. The Balaban J connectivity index is 1.92. The lowest BCUT2D eigenvalue weighted by atomic mass is 9.63. The van der Waals surface area contributed by atoms with E-state index in [-0.39, 0.29) is 17.4 Å². The molecule has 0 saturated heterocycles. The number of hydrogen-bond acceptors (Lipinski definition) is 3. The molecule has 124 valence electrons. The highest BCUT2D eigenvalue weighted by Gasteiger charge is 2.46. The second kappa shape index (κ2) is 6.03. The molecule has 5 nitrogen and oxygen atoms in total. The van der Waals surface area contributed by atoms with Gasteiger partial charge >= 0.3 is 0 Å². The zero-order valence-corrected chi connectivity index (χ0v) is 13.2. The molecule has 6 heteroatoms. The van der Waals surface area contributed by atoms with E-state index in [2.05, 4.69) is 5.32 Å². The standard InChI is InChI=1S/C18H17FN2O3/c1-12-15(7-3-8-16(12)21(23)24)20-17(22)18(9-4-10-18)13-5-2-6-14(19)11-13/h2-3,5-8,11H,4,9-10H2,1H3,(H,20,22). The molecule has 3 rings (SSSR count). The van der Waals surface area contributed by atoms with Gasteiger partial charge in [0.1, 0.15) is 5.82 Å². The fourth-order valence-electron chi connectivity index (χ4n) is 3.16. The van der Waals surface area contributed by atoms with Crippen LogP contribution >= 0.6 is 0 Å². The van der Waals surface area contributed by atoms with Gasteiger partial charge in [-0.15, -0.1) is 0 Å². The first-order chi connectivity index (χ1) is 11.4. The molecule has 24 heavy (non-hydrogen) atoms. The van der Waals surface area contributed by atoms with E-state index < -0.39 is 10.3 Å². The van der Waals surface area contributed by atoms with Gasteiger partial charge in [0, 0.05) is 6.07 Å². The number of anilines is 1. The average Bonchev–Trinajstić information content (AvgIpc) is 2.48. The van der Waals surface area contributed by atoms with Crippen LogP contribution in [0.5, 0.6) is 0 Å². The second-order valence-electron chi connectivity index (χ2n) is 6.11. The third-order valence-corrected chi connectivity index (χ3v) is 4.77. The van der Waals surface area contributed by atoms with Gasteiger partial charge in [-0.1, -0.05) is 24.6 Å². The van der Waals surface area contributed by atoms with Crippen molar-refractivity contribution in [3.63, 3.8) is 0 Å². The molecule has 0 heterocycles. The van der Waals surface area contributed by atoms with Gasteiger partial charge in [0.05, 0.1) is 21.6 Å². The summed E-state index contributed by atoms with van der Waals surface area (Å²) in [7, 11) is 0. The van der Waals surface area contributed by atoms with Crippen LogP contribution in [0.2, 0.25) is 0 Å². The summed E-state index contributed by atoms with van der Waals surface area (Å²) in [5.74, 6) is -0.624. The zero-order valence-electron chi connectivity index (χ0n) is 13.2. The molecule has 0 aliphatic heterocycles. The number of nitro groups is 1. The summed E-state index contributed by atoms with van der Waals surface area (Å²) in [4.78, 5) is 23.4. The van der Waals surface area contributed by atoms with Crippen molar-refractivity contribution in [1.82, 2.24) is 0 Å². The number of nitrogens with one attached hydrogen (secondary N) is 1. The number of carbonyl (C=O) groups is 1. The molecule has 1 amide bonds. The third-order valence-electron chi connectivity index (χ3n) is 4.77. The molecule has 0 spiro atoms. The first kappa shape index (κ1) is 16.1. The van der Waals surface area contributed by atoms with Gasteiger partial charge in [-0.2, -0.15) is 0 Å². The topological polar surface area (TPSA) is 72.2 Å². The molecule has 1 N–H and O–H groups in total. The van der Waals surface area contributed by atoms with Gasteiger partial charge in [-0.05, 0) is 43.5 Å². The second-order valence-corrected chi connectivity index (χ2v) is 6.11. The minimum atomic E-state index is -0.765. The molecule has 0 aromatic heterocycles. The zero-order chi connectivity index (χ0) is 17.3. The van der Waals surface area contributed by atoms with Crippen LogP contribution in [0.15, 0.2) is 42.5 Å². The van der Waals surface area contributed by atoms with Crippen LogP contribution in [0, 0.1) is 22.9 Å². The minimum absolute atomic E-state index is 0.0405. The van der Waals surface area contributed by atoms with Crippen LogP contribution in [-0.2, 0) is 10.2 Å². The molecule has 1 fully saturated rings. The highest BCUT2D eigenvalue weighted by Crippen LogP contribution is 2.45. The Morgan fingerprint density at radius 1 is 1.25 bits per heavy atom. The quantitative estimate of drug-likeness (QED) is 0.678. The number of nitrogens with zero attached hydrogens (tertiary/aromatic N) is 1. The smallest absolute Gasteiger partial charge is 0.274 e. The molecule has 1 saturated carbocycles. The number of hydrogen-bond donors (Lipinski definition) is 1. The van der Waals surface area contributed by atoms with E-state index in [9.17, 15) is 19.3 Å². The lowest BCUT2D eigenvalue weighted by molar-refractivity contribution is -0.385. The summed E-state index contributed by atoms with van der Waals surface area (Å²) in [6, 6.07) is 10.7. The molecular formula is C18H17FN2O3. The maximum Gasteiger partial charge on any atom is 0.274 e. The molecule has 0 radical (unpaired) electrons. The maximum atomic E-state index is 13.5. The van der Waals surface area contributed by atoms with Gasteiger partial charge in [0.15, 0.2) is 0 Å². The van der Waals surface area contributed by atoms with Crippen LogP contribution in [0.1, 0.15) is 30.4 Å². The van der Waals surface area contributed by atoms with Crippen molar-refractivity contribution < 1.29 is 14.1 Å². The van der Waals surface area contributed by atoms with Crippen LogP contribution in [-0.4, -0.2) is 10.8 Å². The molecule has 1 aliphatic carbocycles. The Kier molecular flexibility index (Phi) is 4.05. The number of rotatable bonds is 4.